The van der Waals surface area contributed by atoms with Crippen molar-refractivity contribution in [1.82, 2.24) is 10.5 Å². The van der Waals surface area contributed by atoms with Crippen molar-refractivity contribution in [2.24, 2.45) is 5.16 Å². The van der Waals surface area contributed by atoms with Gasteiger partial charge in [-0.1, -0.05) is 29.4 Å². The first kappa shape index (κ1) is 20.9. The van der Waals surface area contributed by atoms with Crippen LogP contribution in [0.3, 0.4) is 0 Å². The Bertz CT molecular complexity index is 1060. The summed E-state index contributed by atoms with van der Waals surface area (Å²) in [5.41, 5.74) is 3.74. The van der Waals surface area contributed by atoms with Gasteiger partial charge in [-0.25, -0.2) is 18.3 Å². The van der Waals surface area contributed by atoms with Gasteiger partial charge in [-0.15, -0.1) is 0 Å². The van der Waals surface area contributed by atoms with E-state index in [1.807, 2.05) is 0 Å². The molecule has 154 valence electrons. The maximum Gasteiger partial charge on any atom is 0.264 e. The molecule has 1 amide bonds. The van der Waals surface area contributed by atoms with Crippen LogP contribution in [-0.4, -0.2) is 47.3 Å². The predicted octanol–water partition coefficient (Wildman–Crippen LogP) is 2.08. The molecular formula is C19H20FN3O5S. The van der Waals surface area contributed by atoms with E-state index in [4.69, 9.17) is 10.0 Å². The fourth-order valence-electron chi connectivity index (χ4n) is 3.11. The van der Waals surface area contributed by atoms with Crippen LogP contribution in [0, 0.1) is 5.82 Å². The first-order valence-electron chi connectivity index (χ1n) is 8.73. The largest absolute Gasteiger partial charge is 0.392 e. The van der Waals surface area contributed by atoms with Crippen molar-refractivity contribution in [3.8, 4) is 11.1 Å². The fourth-order valence-corrected chi connectivity index (χ4v) is 3.98. The quantitative estimate of drug-likeness (QED) is 0.545. The average Bonchev–Trinajstić information content (AvgIpc) is 3.15. The summed E-state index contributed by atoms with van der Waals surface area (Å²) in [6.45, 7) is 1.23. The van der Waals surface area contributed by atoms with Crippen LogP contribution in [0.1, 0.15) is 25.3 Å². The predicted molar refractivity (Wildman–Crippen MR) is 103 cm³/mol. The summed E-state index contributed by atoms with van der Waals surface area (Å²) in [7, 11) is -3.83. The van der Waals surface area contributed by atoms with Gasteiger partial charge < -0.3 is 4.84 Å². The van der Waals surface area contributed by atoms with E-state index in [2.05, 4.69) is 10.1 Å². The molecule has 2 atom stereocenters. The van der Waals surface area contributed by atoms with E-state index >= 15 is 0 Å². The van der Waals surface area contributed by atoms with Gasteiger partial charge in [-0.2, -0.15) is 0 Å². The number of halogens is 1. The lowest BCUT2D eigenvalue weighted by Crippen LogP contribution is -2.51. The van der Waals surface area contributed by atoms with E-state index in [9.17, 15) is 17.6 Å². The minimum atomic E-state index is -3.83. The Morgan fingerprint density at radius 3 is 2.55 bits per heavy atom. The Labute approximate surface area is 167 Å². The third-order valence-electron chi connectivity index (χ3n) is 5.05. The van der Waals surface area contributed by atoms with Gasteiger partial charge in [0.15, 0.2) is 14.6 Å². The number of rotatable bonds is 6. The summed E-state index contributed by atoms with van der Waals surface area (Å²) in [5.74, 6) is -1.41. The molecule has 0 spiro atoms. The van der Waals surface area contributed by atoms with Crippen molar-refractivity contribution in [1.29, 1.82) is 0 Å². The highest BCUT2D eigenvalue weighted by Gasteiger charge is 2.47. The molecular weight excluding hydrogens is 401 g/mol. The van der Waals surface area contributed by atoms with Gasteiger partial charge in [0.2, 0.25) is 0 Å². The Morgan fingerprint density at radius 2 is 1.97 bits per heavy atom. The Kier molecular flexibility index (Phi) is 5.67. The topological polar surface area (TPSA) is 118 Å². The molecule has 0 aliphatic carbocycles. The first-order chi connectivity index (χ1) is 13.7. The van der Waals surface area contributed by atoms with Crippen molar-refractivity contribution < 1.29 is 27.6 Å². The van der Waals surface area contributed by atoms with Crippen LogP contribution in [0.25, 0.3) is 11.1 Å². The van der Waals surface area contributed by atoms with Gasteiger partial charge in [-0.05, 0) is 24.1 Å². The smallest absolute Gasteiger partial charge is 0.264 e. The molecule has 2 N–H and O–H groups in total. The summed E-state index contributed by atoms with van der Waals surface area (Å²) in [6.07, 6.45) is 3.19. The molecule has 29 heavy (non-hydrogen) atoms. The number of amides is 1. The van der Waals surface area contributed by atoms with Gasteiger partial charge in [0, 0.05) is 37.1 Å². The molecule has 2 heterocycles. The van der Waals surface area contributed by atoms with Crippen LogP contribution in [0.2, 0.25) is 0 Å². The Morgan fingerprint density at radius 1 is 1.31 bits per heavy atom. The van der Waals surface area contributed by atoms with Crippen LogP contribution < -0.4 is 5.48 Å². The van der Waals surface area contributed by atoms with E-state index < -0.39 is 26.6 Å². The molecule has 0 saturated heterocycles. The van der Waals surface area contributed by atoms with Crippen molar-refractivity contribution >= 4 is 21.5 Å². The number of carbonyl (C=O) groups excluding carboxylic acids is 1. The summed E-state index contributed by atoms with van der Waals surface area (Å²) in [5, 5.41) is 12.9. The fraction of sp³-hybridized carbons (Fsp3) is 0.316. The zero-order valence-electron chi connectivity index (χ0n) is 15.8. The third kappa shape index (κ3) is 4.13. The first-order valence-corrected chi connectivity index (χ1v) is 10.6. The molecule has 0 fully saturated rings. The van der Waals surface area contributed by atoms with Gasteiger partial charge in [0.1, 0.15) is 11.9 Å². The SMILES string of the molecule is CC(CC1CC(c2ccc(-c3cnccc3F)cc2)=NO1)(C(=O)NO)S(C)(=O)=O. The highest BCUT2D eigenvalue weighted by Crippen LogP contribution is 2.30. The number of nitrogens with one attached hydrogen (secondary N) is 1. The maximum absolute atomic E-state index is 13.9. The van der Waals surface area contributed by atoms with Crippen molar-refractivity contribution in [2.45, 2.75) is 30.6 Å². The lowest BCUT2D eigenvalue weighted by molar-refractivity contribution is -0.132. The number of nitrogens with zero attached hydrogens (tertiary/aromatic N) is 2. The van der Waals surface area contributed by atoms with Crippen molar-refractivity contribution in [3.05, 3.63) is 54.1 Å². The molecule has 0 bridgehead atoms. The Balaban J connectivity index is 1.74. The molecule has 1 aromatic carbocycles. The van der Waals surface area contributed by atoms with E-state index in [1.54, 1.807) is 24.3 Å². The second-order valence-electron chi connectivity index (χ2n) is 7.05. The van der Waals surface area contributed by atoms with E-state index in [1.165, 1.54) is 30.9 Å². The van der Waals surface area contributed by atoms with Crippen LogP contribution >= 0.6 is 0 Å². The zero-order valence-corrected chi connectivity index (χ0v) is 16.6. The van der Waals surface area contributed by atoms with E-state index in [0.717, 1.165) is 11.8 Å². The van der Waals surface area contributed by atoms with Gasteiger partial charge in [0.05, 0.1) is 5.71 Å². The van der Waals surface area contributed by atoms with Crippen molar-refractivity contribution in [2.75, 3.05) is 6.26 Å². The maximum atomic E-state index is 13.9. The molecule has 2 unspecified atom stereocenters. The lowest BCUT2D eigenvalue weighted by Gasteiger charge is -2.26. The summed E-state index contributed by atoms with van der Waals surface area (Å²) in [4.78, 5) is 21.2. The van der Waals surface area contributed by atoms with Gasteiger partial charge in [0.25, 0.3) is 5.91 Å². The monoisotopic (exact) mass is 421 g/mol. The molecule has 8 nitrogen and oxygen atoms in total. The normalized spacial score (nSPS) is 18.5. The highest BCUT2D eigenvalue weighted by atomic mass is 32.2. The van der Waals surface area contributed by atoms with E-state index in [-0.39, 0.29) is 18.7 Å². The number of pyridine rings is 1. The molecule has 10 heteroatoms. The average molecular weight is 421 g/mol. The molecule has 3 rings (SSSR count). The molecule has 1 aliphatic heterocycles. The minimum Gasteiger partial charge on any atom is -0.392 e. The van der Waals surface area contributed by atoms with Crippen LogP contribution in [0.15, 0.2) is 47.9 Å². The lowest BCUT2D eigenvalue weighted by atomic mass is 9.96. The number of hydroxylamine groups is 1. The number of carbonyl (C=O) groups is 1. The second kappa shape index (κ2) is 7.88. The summed E-state index contributed by atoms with van der Waals surface area (Å²) in [6, 6.07) is 8.24. The minimum absolute atomic E-state index is 0.176. The zero-order chi connectivity index (χ0) is 21.2. The molecule has 0 radical (unpaired) electrons. The molecule has 2 aromatic rings. The van der Waals surface area contributed by atoms with Crippen molar-refractivity contribution in [3.63, 3.8) is 0 Å². The van der Waals surface area contributed by atoms with Crippen LogP contribution in [-0.2, 0) is 19.5 Å². The van der Waals surface area contributed by atoms with Crippen LogP contribution in [0.4, 0.5) is 4.39 Å². The number of aromatic nitrogens is 1. The number of benzene rings is 1. The van der Waals surface area contributed by atoms with Gasteiger partial charge in [-0.3, -0.25) is 15.0 Å². The molecule has 1 aromatic heterocycles. The number of sulfone groups is 1. The molecule has 1 aliphatic rings. The number of hydrogen-bond donors (Lipinski definition) is 2. The van der Waals surface area contributed by atoms with E-state index in [0.29, 0.717) is 16.8 Å². The Hall–Kier alpha value is -2.85. The summed E-state index contributed by atoms with van der Waals surface area (Å²) < 4.78 is 36.2. The number of oxime groups is 1. The highest BCUT2D eigenvalue weighted by molar-refractivity contribution is 7.92. The standard InChI is InChI=1S/C19H20FN3O5S/c1-19(18(24)22-25,29(2,26)27)10-14-9-17(23-28-14)13-5-3-12(4-6-13)15-11-21-8-7-16(15)20/h3-8,11,14,25H,9-10H2,1-2H3,(H,22,24). The van der Waals surface area contributed by atoms with Crippen LogP contribution in [0.5, 0.6) is 0 Å². The second-order valence-corrected chi connectivity index (χ2v) is 9.50. The number of hydrogen-bond acceptors (Lipinski definition) is 7. The third-order valence-corrected chi connectivity index (χ3v) is 7.04. The van der Waals surface area contributed by atoms with Gasteiger partial charge >= 0.3 is 0 Å². The summed E-state index contributed by atoms with van der Waals surface area (Å²) >= 11 is 0. The molecule has 0 saturated carbocycles.